The number of rotatable bonds is 7. The van der Waals surface area contributed by atoms with E-state index in [0.29, 0.717) is 25.5 Å². The van der Waals surface area contributed by atoms with Crippen molar-refractivity contribution in [2.24, 2.45) is 5.92 Å². The van der Waals surface area contributed by atoms with Gasteiger partial charge in [0.25, 0.3) is 0 Å². The molecule has 2 N–H and O–H groups in total. The molecular formula is C25H38N4O4. The maximum Gasteiger partial charge on any atom is 0.222 e. The number of nitrogens with one attached hydrogen (secondary N) is 1. The number of hydrogen-bond acceptors (Lipinski definition) is 7. The first-order chi connectivity index (χ1) is 16.1. The normalized spacial score (nSPS) is 30.2. The van der Waals surface area contributed by atoms with E-state index in [1.54, 1.807) is 0 Å². The van der Waals surface area contributed by atoms with Gasteiger partial charge in [-0.2, -0.15) is 0 Å². The van der Waals surface area contributed by atoms with Gasteiger partial charge in [0.2, 0.25) is 5.91 Å². The maximum atomic E-state index is 12.3. The lowest BCUT2D eigenvalue weighted by molar-refractivity contribution is -0.124. The first-order valence-electron chi connectivity index (χ1n) is 12.8. The largest absolute Gasteiger partial charge is 0.493 e. The van der Waals surface area contributed by atoms with Crippen LogP contribution in [0.25, 0.3) is 0 Å². The van der Waals surface area contributed by atoms with Crippen LogP contribution in [-0.2, 0) is 16.0 Å². The molecule has 182 valence electrons. The molecule has 0 aromatic carbocycles. The Morgan fingerprint density at radius 2 is 2.00 bits per heavy atom. The van der Waals surface area contributed by atoms with Crippen molar-refractivity contribution in [3.8, 4) is 5.75 Å². The highest BCUT2D eigenvalue weighted by Crippen LogP contribution is 2.32. The van der Waals surface area contributed by atoms with Crippen LogP contribution in [-0.4, -0.2) is 85.1 Å². The van der Waals surface area contributed by atoms with Crippen LogP contribution in [0.3, 0.4) is 0 Å². The fourth-order valence-electron chi connectivity index (χ4n) is 5.84. The van der Waals surface area contributed by atoms with Gasteiger partial charge in [-0.15, -0.1) is 0 Å². The molecule has 0 bridgehead atoms. The number of aliphatic hydroxyl groups is 1. The molecule has 3 fully saturated rings. The Bertz CT molecular complexity index is 806. The average Bonchev–Trinajstić information content (AvgIpc) is 3.47. The van der Waals surface area contributed by atoms with Crippen molar-refractivity contribution in [1.29, 1.82) is 0 Å². The molecule has 1 saturated carbocycles. The van der Waals surface area contributed by atoms with E-state index in [4.69, 9.17) is 9.47 Å². The van der Waals surface area contributed by atoms with Crippen molar-refractivity contribution in [3.05, 3.63) is 17.8 Å². The molecule has 4 heterocycles. The van der Waals surface area contributed by atoms with Gasteiger partial charge in [-0.1, -0.05) is 0 Å². The monoisotopic (exact) mass is 458 g/mol. The molecule has 0 spiro atoms. The fraction of sp³-hybridized carbons (Fsp3) is 0.760. The second-order valence-corrected chi connectivity index (χ2v) is 10.2. The summed E-state index contributed by atoms with van der Waals surface area (Å²) >= 11 is 0. The Morgan fingerprint density at radius 1 is 1.18 bits per heavy atom. The van der Waals surface area contributed by atoms with Gasteiger partial charge in [-0.05, 0) is 50.6 Å². The van der Waals surface area contributed by atoms with Gasteiger partial charge in [-0.25, -0.2) is 4.98 Å². The fourth-order valence-corrected chi connectivity index (χ4v) is 5.84. The summed E-state index contributed by atoms with van der Waals surface area (Å²) in [7, 11) is 0. The van der Waals surface area contributed by atoms with E-state index in [1.165, 1.54) is 31.4 Å². The number of aromatic nitrogens is 1. The van der Waals surface area contributed by atoms with E-state index in [0.717, 1.165) is 69.5 Å². The van der Waals surface area contributed by atoms with E-state index >= 15 is 0 Å². The third-order valence-electron chi connectivity index (χ3n) is 7.81. The molecule has 3 aliphatic heterocycles. The summed E-state index contributed by atoms with van der Waals surface area (Å²) in [5, 5.41) is 12.7. The van der Waals surface area contributed by atoms with Crippen molar-refractivity contribution in [3.63, 3.8) is 0 Å². The standard InChI is InChI=1S/C25H38N4O4/c30-20-15-21(33-17-20)16-24(31)27-19-3-1-18(2-4-19)6-9-28-10-12-29(13-11-28)25-22-7-14-32-23(22)5-8-26-25/h5,8,18-21,30H,1-4,6-7,9-17H2,(H,27,31)/t18-,19-,20-,21?/m0/s1. The van der Waals surface area contributed by atoms with Crippen molar-refractivity contribution in [1.82, 2.24) is 15.2 Å². The molecule has 1 aliphatic carbocycles. The molecular weight excluding hydrogens is 420 g/mol. The van der Waals surface area contributed by atoms with Crippen LogP contribution in [0.5, 0.6) is 5.75 Å². The number of anilines is 1. The quantitative estimate of drug-likeness (QED) is 0.644. The van der Waals surface area contributed by atoms with Gasteiger partial charge in [0.1, 0.15) is 11.6 Å². The van der Waals surface area contributed by atoms with Crippen molar-refractivity contribution >= 4 is 11.7 Å². The number of nitrogens with zero attached hydrogens (tertiary/aromatic N) is 3. The lowest BCUT2D eigenvalue weighted by atomic mass is 9.84. The zero-order valence-electron chi connectivity index (χ0n) is 19.6. The number of aliphatic hydroxyl groups excluding tert-OH is 1. The number of hydrogen-bond donors (Lipinski definition) is 2. The second-order valence-electron chi connectivity index (χ2n) is 10.2. The van der Waals surface area contributed by atoms with Gasteiger partial charge in [-0.3, -0.25) is 9.69 Å². The highest BCUT2D eigenvalue weighted by Gasteiger charge is 2.29. The summed E-state index contributed by atoms with van der Waals surface area (Å²) in [6.07, 6.45) is 9.06. The smallest absolute Gasteiger partial charge is 0.222 e. The van der Waals surface area contributed by atoms with Crippen LogP contribution in [0.1, 0.15) is 50.5 Å². The highest BCUT2D eigenvalue weighted by molar-refractivity contribution is 5.76. The zero-order chi connectivity index (χ0) is 22.6. The average molecular weight is 459 g/mol. The van der Waals surface area contributed by atoms with Gasteiger partial charge in [0.05, 0.1) is 31.8 Å². The Balaban J connectivity index is 0.981. The minimum absolute atomic E-state index is 0.0699. The zero-order valence-corrected chi connectivity index (χ0v) is 19.6. The van der Waals surface area contributed by atoms with Crippen molar-refractivity contribution in [2.75, 3.05) is 50.8 Å². The molecule has 8 heteroatoms. The third kappa shape index (κ3) is 5.78. The Labute approximate surface area is 196 Å². The van der Waals surface area contributed by atoms with Crippen LogP contribution >= 0.6 is 0 Å². The molecule has 2 saturated heterocycles. The molecule has 1 unspecified atom stereocenters. The number of fused-ring (bicyclic) bond motifs is 1. The summed E-state index contributed by atoms with van der Waals surface area (Å²) in [5.41, 5.74) is 1.28. The summed E-state index contributed by atoms with van der Waals surface area (Å²) in [5.74, 6) is 2.97. The van der Waals surface area contributed by atoms with Gasteiger partial charge in [0, 0.05) is 56.8 Å². The Hall–Kier alpha value is -1.90. The number of carbonyl (C=O) groups is 1. The molecule has 4 aliphatic rings. The number of carbonyl (C=O) groups excluding carboxylic acids is 1. The first kappa shape index (κ1) is 22.9. The maximum absolute atomic E-state index is 12.3. The lowest BCUT2D eigenvalue weighted by Gasteiger charge is -2.37. The Morgan fingerprint density at radius 3 is 2.76 bits per heavy atom. The van der Waals surface area contributed by atoms with Crippen LogP contribution in [0, 0.1) is 5.92 Å². The number of ether oxygens (including phenoxy) is 2. The van der Waals surface area contributed by atoms with Crippen LogP contribution < -0.4 is 15.0 Å². The van der Waals surface area contributed by atoms with Crippen molar-refractivity contribution in [2.45, 2.75) is 69.6 Å². The molecule has 2 atom stereocenters. The van der Waals surface area contributed by atoms with Gasteiger partial charge >= 0.3 is 0 Å². The lowest BCUT2D eigenvalue weighted by Crippen LogP contribution is -2.47. The van der Waals surface area contributed by atoms with Crippen LogP contribution in [0.4, 0.5) is 5.82 Å². The second kappa shape index (κ2) is 10.6. The van der Waals surface area contributed by atoms with Crippen LogP contribution in [0.2, 0.25) is 0 Å². The highest BCUT2D eigenvalue weighted by atomic mass is 16.5. The minimum atomic E-state index is -0.411. The molecule has 33 heavy (non-hydrogen) atoms. The summed E-state index contributed by atoms with van der Waals surface area (Å²) in [6, 6.07) is 2.28. The molecule has 1 aromatic heterocycles. The van der Waals surface area contributed by atoms with E-state index in [-0.39, 0.29) is 12.0 Å². The Kier molecular flexibility index (Phi) is 7.33. The first-order valence-corrected chi connectivity index (χ1v) is 12.8. The third-order valence-corrected chi connectivity index (χ3v) is 7.81. The summed E-state index contributed by atoms with van der Waals surface area (Å²) < 4.78 is 11.2. The number of pyridine rings is 1. The molecule has 1 amide bonds. The SMILES string of the molecule is O=C(CC1C[C@H](O)CO1)N[C@H]1CC[C@H](CCN2CCN(c3nccc4c3CCO4)CC2)CC1. The van der Waals surface area contributed by atoms with Crippen LogP contribution in [0.15, 0.2) is 12.3 Å². The predicted molar refractivity (Wildman–Crippen MR) is 126 cm³/mol. The van der Waals surface area contributed by atoms with E-state index < -0.39 is 6.10 Å². The van der Waals surface area contributed by atoms with Crippen molar-refractivity contribution < 1.29 is 19.4 Å². The number of piperazine rings is 1. The molecule has 1 aromatic rings. The van der Waals surface area contributed by atoms with E-state index in [2.05, 4.69) is 20.1 Å². The topological polar surface area (TPSA) is 87.2 Å². The summed E-state index contributed by atoms with van der Waals surface area (Å²) in [4.78, 5) is 22.0. The molecule has 8 nitrogen and oxygen atoms in total. The molecule has 5 rings (SSSR count). The molecule has 0 radical (unpaired) electrons. The van der Waals surface area contributed by atoms with E-state index in [9.17, 15) is 9.90 Å². The summed E-state index contributed by atoms with van der Waals surface area (Å²) in [6.45, 7) is 6.55. The number of amides is 1. The van der Waals surface area contributed by atoms with Gasteiger partial charge in [0.15, 0.2) is 0 Å². The van der Waals surface area contributed by atoms with Gasteiger partial charge < -0.3 is 24.8 Å². The predicted octanol–water partition coefficient (Wildman–Crippen LogP) is 1.74. The van der Waals surface area contributed by atoms with E-state index in [1.807, 2.05) is 12.3 Å². The minimum Gasteiger partial charge on any atom is -0.493 e.